The van der Waals surface area contributed by atoms with Gasteiger partial charge in [0.05, 0.1) is 7.14 Å². The highest BCUT2D eigenvalue weighted by Gasteiger charge is 2.20. The second-order valence-corrected chi connectivity index (χ2v) is 11.5. The van der Waals surface area contributed by atoms with Crippen molar-refractivity contribution in [1.29, 1.82) is 0 Å². The number of benzene rings is 1. The molecule has 1 aromatic rings. The van der Waals surface area contributed by atoms with Crippen molar-refractivity contribution in [3.8, 4) is 0 Å². The van der Waals surface area contributed by atoms with Crippen LogP contribution in [0, 0.1) is 0 Å². The molecule has 0 saturated heterocycles. The average molecular weight is 391 g/mol. The Kier molecular flexibility index (Phi) is 14.5. The highest BCUT2D eigenvalue weighted by molar-refractivity contribution is 7.63. The van der Waals surface area contributed by atoms with E-state index in [9.17, 15) is 4.57 Å². The van der Waals surface area contributed by atoms with Crippen molar-refractivity contribution in [2.75, 3.05) is 18.5 Å². The molecule has 0 aliphatic carbocycles. The fourth-order valence-corrected chi connectivity index (χ4v) is 6.68. The van der Waals surface area contributed by atoms with Crippen molar-refractivity contribution in [2.24, 2.45) is 0 Å². The zero-order valence-electron chi connectivity index (χ0n) is 18.0. The van der Waals surface area contributed by atoms with Crippen LogP contribution < -0.4 is 0 Å². The minimum absolute atomic E-state index is 0.994. The predicted molar refractivity (Wildman–Crippen MR) is 124 cm³/mol. The van der Waals surface area contributed by atoms with Crippen LogP contribution in [0.4, 0.5) is 0 Å². The van der Waals surface area contributed by atoms with Crippen LogP contribution in [0.3, 0.4) is 0 Å². The zero-order valence-corrected chi connectivity index (χ0v) is 18.9. The Bertz CT molecular complexity index is 504. The van der Waals surface area contributed by atoms with E-state index in [0.29, 0.717) is 0 Å². The maximum absolute atomic E-state index is 13.4. The third-order valence-electron chi connectivity index (χ3n) is 5.38. The maximum atomic E-state index is 13.4. The molecule has 2 heteroatoms. The summed E-state index contributed by atoms with van der Waals surface area (Å²) in [5, 5.41) is 0. The van der Waals surface area contributed by atoms with E-state index in [1.165, 1.54) is 69.8 Å². The van der Waals surface area contributed by atoms with Crippen LogP contribution in [0.25, 0.3) is 6.08 Å². The lowest BCUT2D eigenvalue weighted by atomic mass is 10.1. The highest BCUT2D eigenvalue weighted by Crippen LogP contribution is 2.48. The summed E-state index contributed by atoms with van der Waals surface area (Å²) in [7, 11) is -1.92. The number of unbranched alkanes of at least 4 members (excludes halogenated alkanes) is 9. The Balaban J connectivity index is 2.25. The van der Waals surface area contributed by atoms with Gasteiger partial charge in [-0.25, -0.2) is 0 Å². The Morgan fingerprint density at radius 2 is 1.22 bits per heavy atom. The number of rotatable bonds is 17. The molecule has 0 saturated carbocycles. The summed E-state index contributed by atoms with van der Waals surface area (Å²) in [4.78, 5) is 0. The molecule has 1 aromatic carbocycles. The number of hydrogen-bond donors (Lipinski definition) is 0. The molecule has 0 amide bonds. The van der Waals surface area contributed by atoms with E-state index >= 15 is 0 Å². The Morgan fingerprint density at radius 3 is 1.74 bits per heavy atom. The minimum atomic E-state index is -1.92. The lowest BCUT2D eigenvalue weighted by Gasteiger charge is -2.18. The molecule has 1 nitrogen and oxygen atoms in total. The van der Waals surface area contributed by atoms with Gasteiger partial charge in [0.15, 0.2) is 0 Å². The summed E-state index contributed by atoms with van der Waals surface area (Å²) in [5.74, 6) is 0. The maximum Gasteiger partial charge on any atom is 0.0877 e. The quantitative estimate of drug-likeness (QED) is 0.192. The molecule has 0 aliphatic heterocycles. The van der Waals surface area contributed by atoms with Crippen molar-refractivity contribution in [3.63, 3.8) is 0 Å². The molecule has 0 spiro atoms. The van der Waals surface area contributed by atoms with Crippen LogP contribution >= 0.6 is 7.14 Å². The van der Waals surface area contributed by atoms with Gasteiger partial charge in [-0.3, -0.25) is 0 Å². The normalized spacial score (nSPS) is 12.1. The third-order valence-corrected chi connectivity index (χ3v) is 8.78. The summed E-state index contributed by atoms with van der Waals surface area (Å²) < 4.78 is 13.4. The summed E-state index contributed by atoms with van der Waals surface area (Å²) in [6, 6.07) is 10.5. The molecule has 0 heterocycles. The first-order valence-electron chi connectivity index (χ1n) is 11.5. The molecule has 0 N–H and O–H groups in total. The fourth-order valence-electron chi connectivity index (χ4n) is 3.61. The third kappa shape index (κ3) is 13.1. The van der Waals surface area contributed by atoms with E-state index in [4.69, 9.17) is 0 Å². The Labute approximate surface area is 169 Å². The van der Waals surface area contributed by atoms with Gasteiger partial charge in [0.25, 0.3) is 0 Å². The zero-order chi connectivity index (χ0) is 19.6. The smallest absolute Gasteiger partial charge is 0.0877 e. The molecular formula is C25H43OP. The second-order valence-electron chi connectivity index (χ2n) is 8.01. The molecule has 0 atom stereocenters. The van der Waals surface area contributed by atoms with Gasteiger partial charge < -0.3 is 4.57 Å². The summed E-state index contributed by atoms with van der Waals surface area (Å²) >= 11 is 0. The van der Waals surface area contributed by atoms with Crippen LogP contribution in [0.1, 0.15) is 96.5 Å². The lowest BCUT2D eigenvalue weighted by molar-refractivity contribution is 0.561. The average Bonchev–Trinajstić information content (AvgIpc) is 2.69. The lowest BCUT2D eigenvalue weighted by Crippen LogP contribution is -2.02. The molecule has 27 heavy (non-hydrogen) atoms. The van der Waals surface area contributed by atoms with E-state index < -0.39 is 7.14 Å². The van der Waals surface area contributed by atoms with Gasteiger partial charge >= 0.3 is 0 Å². The van der Waals surface area contributed by atoms with E-state index in [0.717, 1.165) is 31.3 Å². The topological polar surface area (TPSA) is 17.1 Å². The van der Waals surface area contributed by atoms with Gasteiger partial charge in [0, 0.05) is 18.5 Å². The summed E-state index contributed by atoms with van der Waals surface area (Å²) in [5.41, 5.74) is 1.28. The molecule has 0 fully saturated rings. The van der Waals surface area contributed by atoms with Crippen molar-refractivity contribution >= 4 is 13.2 Å². The molecule has 0 aromatic heterocycles. The highest BCUT2D eigenvalue weighted by atomic mass is 31.2. The number of hydrogen-bond acceptors (Lipinski definition) is 1. The fraction of sp³-hybridized carbons (Fsp3) is 0.680. The molecule has 1 rings (SSSR count). The van der Waals surface area contributed by atoms with Gasteiger partial charge in [-0.15, -0.1) is 0 Å². The van der Waals surface area contributed by atoms with E-state index in [1.54, 1.807) is 0 Å². The van der Waals surface area contributed by atoms with Crippen molar-refractivity contribution in [1.82, 2.24) is 0 Å². The van der Waals surface area contributed by atoms with Crippen molar-refractivity contribution in [2.45, 2.75) is 90.9 Å². The number of allylic oxidation sites excluding steroid dienone is 1. The van der Waals surface area contributed by atoms with E-state index in [-0.39, 0.29) is 0 Å². The molecule has 0 unspecified atom stereocenters. The molecular weight excluding hydrogens is 347 g/mol. The largest absolute Gasteiger partial charge is 0.324 e. The first kappa shape index (κ1) is 24.2. The van der Waals surface area contributed by atoms with Gasteiger partial charge in [-0.1, -0.05) is 101 Å². The molecule has 0 bridgehead atoms. The summed E-state index contributed by atoms with van der Waals surface area (Å²) in [6.07, 6.45) is 22.2. The first-order chi connectivity index (χ1) is 13.2. The minimum Gasteiger partial charge on any atom is -0.324 e. The van der Waals surface area contributed by atoms with Gasteiger partial charge in [0.1, 0.15) is 0 Å². The monoisotopic (exact) mass is 390 g/mol. The van der Waals surface area contributed by atoms with Gasteiger partial charge in [0.2, 0.25) is 0 Å². The Hall–Kier alpha value is -0.810. The first-order valence-corrected chi connectivity index (χ1v) is 13.7. The van der Waals surface area contributed by atoms with Crippen molar-refractivity contribution in [3.05, 3.63) is 42.0 Å². The standard InChI is InChI=1S/C25H43OP/c1-3-5-7-16-22-27(26,23-17-8-6-4-2)24-18-11-9-10-13-19-25-20-14-12-15-21-25/h12-15,19-21H,3-11,16-18,22-24H2,1-2H3. The van der Waals surface area contributed by atoms with Gasteiger partial charge in [-0.05, 0) is 37.7 Å². The molecule has 0 radical (unpaired) electrons. The Morgan fingerprint density at radius 1 is 0.704 bits per heavy atom. The van der Waals surface area contributed by atoms with Crippen LogP contribution in [-0.2, 0) is 4.57 Å². The van der Waals surface area contributed by atoms with E-state index in [1.807, 2.05) is 0 Å². The predicted octanol–water partition coefficient (Wildman–Crippen LogP) is 8.78. The van der Waals surface area contributed by atoms with Crippen LogP contribution in [0.5, 0.6) is 0 Å². The molecule has 0 aliphatic rings. The van der Waals surface area contributed by atoms with Crippen LogP contribution in [-0.4, -0.2) is 18.5 Å². The SMILES string of the molecule is CCCCCCP(=O)(CCCCCC)CCCCCC=Cc1ccccc1. The summed E-state index contributed by atoms with van der Waals surface area (Å²) in [6.45, 7) is 4.49. The van der Waals surface area contributed by atoms with E-state index in [2.05, 4.69) is 56.3 Å². The van der Waals surface area contributed by atoms with Crippen molar-refractivity contribution < 1.29 is 4.57 Å². The second kappa shape index (κ2) is 16.2. The van der Waals surface area contributed by atoms with Gasteiger partial charge in [-0.2, -0.15) is 0 Å². The van der Waals surface area contributed by atoms with Crippen LogP contribution in [0.2, 0.25) is 0 Å². The molecule has 154 valence electrons. The van der Waals surface area contributed by atoms with Crippen LogP contribution in [0.15, 0.2) is 36.4 Å².